The fourth-order valence-corrected chi connectivity index (χ4v) is 2.97. The van der Waals surface area contributed by atoms with Crippen molar-refractivity contribution < 1.29 is 4.79 Å². The molecule has 1 saturated heterocycles. The highest BCUT2D eigenvalue weighted by molar-refractivity contribution is 9.10. The van der Waals surface area contributed by atoms with E-state index in [9.17, 15) is 4.79 Å². The molecule has 21 heavy (non-hydrogen) atoms. The van der Waals surface area contributed by atoms with Crippen LogP contribution in [0.25, 0.3) is 0 Å². The lowest BCUT2D eigenvalue weighted by molar-refractivity contribution is -0.126. The molecule has 2 atom stereocenters. The third-order valence-electron chi connectivity index (χ3n) is 3.98. The van der Waals surface area contributed by atoms with Gasteiger partial charge in [0.25, 0.3) is 0 Å². The number of β-lactam (4-membered cyclic amide) rings is 1. The van der Waals surface area contributed by atoms with Crippen molar-refractivity contribution in [2.24, 2.45) is 5.73 Å². The summed E-state index contributed by atoms with van der Waals surface area (Å²) < 4.78 is 0.993. The van der Waals surface area contributed by atoms with Crippen LogP contribution < -0.4 is 10.6 Å². The summed E-state index contributed by atoms with van der Waals surface area (Å²) in [7, 11) is 0. The van der Waals surface area contributed by atoms with Gasteiger partial charge in [-0.2, -0.15) is 0 Å². The van der Waals surface area contributed by atoms with Gasteiger partial charge in [0, 0.05) is 10.2 Å². The monoisotopic (exact) mass is 344 g/mol. The molecule has 0 saturated carbocycles. The van der Waals surface area contributed by atoms with Gasteiger partial charge in [0.05, 0.1) is 6.04 Å². The number of halogens is 1. The number of carbonyl (C=O) groups is 1. The maximum absolute atomic E-state index is 12.1. The lowest BCUT2D eigenvalue weighted by Crippen LogP contribution is -2.63. The third-order valence-corrected chi connectivity index (χ3v) is 4.50. The fraction of sp³-hybridized carbons (Fsp3) is 0.235. The quantitative estimate of drug-likeness (QED) is 0.867. The van der Waals surface area contributed by atoms with Crippen LogP contribution in [0.5, 0.6) is 0 Å². The van der Waals surface area contributed by atoms with Crippen molar-refractivity contribution in [2.45, 2.75) is 25.4 Å². The molecule has 2 N–H and O–H groups in total. The number of hydrogen-bond acceptors (Lipinski definition) is 2. The van der Waals surface area contributed by atoms with Crippen LogP contribution in [-0.4, -0.2) is 11.9 Å². The maximum Gasteiger partial charge on any atom is 0.247 e. The Balaban J connectivity index is 1.92. The topological polar surface area (TPSA) is 46.3 Å². The van der Waals surface area contributed by atoms with Gasteiger partial charge >= 0.3 is 0 Å². The van der Waals surface area contributed by atoms with Gasteiger partial charge in [0.15, 0.2) is 0 Å². The number of hydrogen-bond donors (Lipinski definition) is 1. The fourth-order valence-electron chi connectivity index (χ4n) is 2.71. The van der Waals surface area contributed by atoms with Gasteiger partial charge in [-0.3, -0.25) is 4.79 Å². The van der Waals surface area contributed by atoms with Gasteiger partial charge < -0.3 is 10.6 Å². The van der Waals surface area contributed by atoms with Crippen molar-refractivity contribution in [3.05, 3.63) is 64.1 Å². The van der Waals surface area contributed by atoms with Gasteiger partial charge in [-0.25, -0.2) is 0 Å². The van der Waals surface area contributed by atoms with Crippen molar-refractivity contribution in [3.8, 4) is 0 Å². The molecule has 0 unspecified atom stereocenters. The summed E-state index contributed by atoms with van der Waals surface area (Å²) in [6.45, 7) is 2.13. The average Bonchev–Trinajstić information content (AvgIpc) is 2.53. The highest BCUT2D eigenvalue weighted by Crippen LogP contribution is 2.38. The number of anilines is 1. The summed E-state index contributed by atoms with van der Waals surface area (Å²) in [5.41, 5.74) is 9.28. The minimum absolute atomic E-state index is 0.0260. The van der Waals surface area contributed by atoms with Crippen molar-refractivity contribution in [2.75, 3.05) is 4.90 Å². The lowest BCUT2D eigenvalue weighted by atomic mass is 9.88. The zero-order chi connectivity index (χ0) is 15.0. The predicted octanol–water partition coefficient (Wildman–Crippen LogP) is 3.43. The molecule has 1 aliphatic heterocycles. The van der Waals surface area contributed by atoms with Crippen LogP contribution in [0.4, 0.5) is 5.69 Å². The van der Waals surface area contributed by atoms with Crippen LogP contribution in [-0.2, 0) is 11.2 Å². The van der Waals surface area contributed by atoms with Gasteiger partial charge in [0.1, 0.15) is 6.04 Å². The zero-order valence-electron chi connectivity index (χ0n) is 11.8. The summed E-state index contributed by atoms with van der Waals surface area (Å²) in [6.07, 6.45) is 1.01. The van der Waals surface area contributed by atoms with E-state index in [4.69, 9.17) is 5.73 Å². The second-order valence-electron chi connectivity index (χ2n) is 5.25. The van der Waals surface area contributed by atoms with E-state index in [1.165, 1.54) is 5.56 Å². The van der Waals surface area contributed by atoms with Gasteiger partial charge in [-0.05, 0) is 41.8 Å². The Morgan fingerprint density at radius 3 is 2.29 bits per heavy atom. The normalized spacial score (nSPS) is 21.3. The van der Waals surface area contributed by atoms with Crippen LogP contribution >= 0.6 is 15.9 Å². The molecule has 0 spiro atoms. The predicted molar refractivity (Wildman–Crippen MR) is 88.2 cm³/mol. The van der Waals surface area contributed by atoms with Crippen molar-refractivity contribution in [1.29, 1.82) is 0 Å². The first kappa shape index (κ1) is 14.3. The van der Waals surface area contributed by atoms with E-state index < -0.39 is 6.04 Å². The molecule has 1 aliphatic rings. The Hall–Kier alpha value is -1.65. The van der Waals surface area contributed by atoms with Gasteiger partial charge in [-0.1, -0.05) is 47.1 Å². The number of nitrogens with zero attached hydrogens (tertiary/aromatic N) is 1. The van der Waals surface area contributed by atoms with E-state index in [1.54, 1.807) is 4.90 Å². The Morgan fingerprint density at radius 1 is 1.10 bits per heavy atom. The second-order valence-corrected chi connectivity index (χ2v) is 6.17. The Bertz CT molecular complexity index is 651. The Morgan fingerprint density at radius 2 is 1.71 bits per heavy atom. The molecule has 2 aromatic rings. The van der Waals surface area contributed by atoms with Crippen molar-refractivity contribution in [1.82, 2.24) is 0 Å². The van der Waals surface area contributed by atoms with E-state index in [-0.39, 0.29) is 11.9 Å². The van der Waals surface area contributed by atoms with Gasteiger partial charge in [0.2, 0.25) is 5.91 Å². The molecule has 3 rings (SSSR count). The molecular formula is C17H17BrN2O. The molecule has 3 nitrogen and oxygen atoms in total. The minimum Gasteiger partial charge on any atom is -0.318 e. The molecule has 0 aliphatic carbocycles. The summed E-state index contributed by atoms with van der Waals surface area (Å²) in [5.74, 6) is -0.0260. The number of rotatable bonds is 3. The van der Waals surface area contributed by atoms with Crippen LogP contribution in [0, 0.1) is 0 Å². The van der Waals surface area contributed by atoms with Gasteiger partial charge in [-0.15, -0.1) is 0 Å². The molecule has 108 valence electrons. The molecular weight excluding hydrogens is 328 g/mol. The van der Waals surface area contributed by atoms with Crippen LogP contribution in [0.1, 0.15) is 24.1 Å². The number of carbonyl (C=O) groups excluding carboxylic acids is 1. The first-order valence-electron chi connectivity index (χ1n) is 7.05. The molecule has 1 amide bonds. The first-order chi connectivity index (χ1) is 10.1. The van der Waals surface area contributed by atoms with Crippen LogP contribution in [0.2, 0.25) is 0 Å². The average molecular weight is 345 g/mol. The molecule has 1 fully saturated rings. The van der Waals surface area contributed by atoms with E-state index >= 15 is 0 Å². The molecule has 4 heteroatoms. The summed E-state index contributed by atoms with van der Waals surface area (Å²) in [4.78, 5) is 13.9. The van der Waals surface area contributed by atoms with E-state index in [0.29, 0.717) is 0 Å². The molecule has 0 bridgehead atoms. The Labute approximate surface area is 132 Å². The highest BCUT2D eigenvalue weighted by atomic mass is 79.9. The maximum atomic E-state index is 12.1. The number of amides is 1. The second kappa shape index (κ2) is 5.62. The standard InChI is InChI=1S/C17H17BrN2O/c1-2-11-3-5-12(6-4-11)16-15(19)17(21)20(16)14-9-7-13(18)8-10-14/h3-10,15-16H,2,19H2,1H3/t15-,16+/m1/s1. The minimum atomic E-state index is -0.457. The number of benzene rings is 2. The SMILES string of the molecule is CCc1ccc([C@H]2[C@@H](N)C(=O)N2c2ccc(Br)cc2)cc1. The molecule has 0 radical (unpaired) electrons. The van der Waals surface area contributed by atoms with Crippen molar-refractivity contribution >= 4 is 27.5 Å². The largest absolute Gasteiger partial charge is 0.318 e. The van der Waals surface area contributed by atoms with E-state index in [2.05, 4.69) is 47.1 Å². The first-order valence-corrected chi connectivity index (χ1v) is 7.84. The van der Waals surface area contributed by atoms with Crippen LogP contribution in [0.3, 0.4) is 0 Å². The zero-order valence-corrected chi connectivity index (χ0v) is 13.4. The Kier molecular flexibility index (Phi) is 3.83. The van der Waals surface area contributed by atoms with E-state index in [1.807, 2.05) is 24.3 Å². The summed E-state index contributed by atoms with van der Waals surface area (Å²) in [5, 5.41) is 0. The lowest BCUT2D eigenvalue weighted by Gasteiger charge is -2.45. The molecule has 2 aromatic carbocycles. The third kappa shape index (κ3) is 2.49. The number of nitrogens with two attached hydrogens (primary N) is 1. The molecule has 1 heterocycles. The highest BCUT2D eigenvalue weighted by Gasteiger charge is 2.46. The smallest absolute Gasteiger partial charge is 0.247 e. The summed E-state index contributed by atoms with van der Waals surface area (Å²) in [6, 6.07) is 15.5. The summed E-state index contributed by atoms with van der Waals surface area (Å²) >= 11 is 3.41. The van der Waals surface area contributed by atoms with Crippen molar-refractivity contribution in [3.63, 3.8) is 0 Å². The van der Waals surface area contributed by atoms with Crippen LogP contribution in [0.15, 0.2) is 53.0 Å². The number of aryl methyl sites for hydroxylation is 1. The molecule has 0 aromatic heterocycles. The van der Waals surface area contributed by atoms with E-state index in [0.717, 1.165) is 22.1 Å².